The maximum absolute atomic E-state index is 13.0. The number of carbonyl (C=O) groups is 1. The van der Waals surface area contributed by atoms with Crippen LogP contribution in [0, 0.1) is 19.8 Å². The van der Waals surface area contributed by atoms with Crippen molar-refractivity contribution in [1.82, 2.24) is 15.4 Å². The average Bonchev–Trinajstić information content (AvgIpc) is 3.02. The molecular weight excluding hydrogens is 342 g/mol. The zero-order valence-corrected chi connectivity index (χ0v) is 16.5. The van der Waals surface area contributed by atoms with Gasteiger partial charge in [0.25, 0.3) is 5.91 Å². The van der Waals surface area contributed by atoms with E-state index in [9.17, 15) is 4.79 Å². The van der Waals surface area contributed by atoms with Crippen LogP contribution in [0.1, 0.15) is 46.6 Å². The van der Waals surface area contributed by atoms with E-state index in [1.54, 1.807) is 0 Å². The SMILES string of the molecule is CNCCC1CCN(C(=O)c2ccccc2OCc2c(C)noc2C)CC1. The van der Waals surface area contributed by atoms with Gasteiger partial charge in [0.05, 0.1) is 16.8 Å². The first-order valence-corrected chi connectivity index (χ1v) is 9.67. The molecule has 1 fully saturated rings. The Morgan fingerprint density at radius 1 is 1.30 bits per heavy atom. The summed E-state index contributed by atoms with van der Waals surface area (Å²) >= 11 is 0. The number of piperidine rings is 1. The summed E-state index contributed by atoms with van der Waals surface area (Å²) in [5.41, 5.74) is 2.38. The second kappa shape index (κ2) is 9.04. The van der Waals surface area contributed by atoms with Crippen LogP contribution in [-0.4, -0.2) is 42.6 Å². The summed E-state index contributed by atoms with van der Waals surface area (Å²) in [6, 6.07) is 7.47. The van der Waals surface area contributed by atoms with E-state index in [1.807, 2.05) is 50.1 Å². The number of nitrogens with one attached hydrogen (secondary N) is 1. The van der Waals surface area contributed by atoms with E-state index in [0.29, 0.717) is 23.8 Å². The van der Waals surface area contributed by atoms with E-state index in [-0.39, 0.29) is 5.91 Å². The number of hydrogen-bond acceptors (Lipinski definition) is 5. The van der Waals surface area contributed by atoms with E-state index >= 15 is 0 Å². The molecule has 1 N–H and O–H groups in total. The fourth-order valence-corrected chi connectivity index (χ4v) is 3.57. The second-order valence-corrected chi connectivity index (χ2v) is 7.22. The van der Waals surface area contributed by atoms with Gasteiger partial charge in [0, 0.05) is 13.1 Å². The number of hydrogen-bond donors (Lipinski definition) is 1. The van der Waals surface area contributed by atoms with Crippen molar-refractivity contribution in [3.8, 4) is 5.75 Å². The number of ether oxygens (including phenoxy) is 1. The van der Waals surface area contributed by atoms with Gasteiger partial charge in [-0.3, -0.25) is 4.79 Å². The Kier molecular flexibility index (Phi) is 6.50. The highest BCUT2D eigenvalue weighted by molar-refractivity contribution is 5.97. The van der Waals surface area contributed by atoms with Crippen LogP contribution in [0.4, 0.5) is 0 Å². The third-order valence-corrected chi connectivity index (χ3v) is 5.38. The van der Waals surface area contributed by atoms with Crippen LogP contribution >= 0.6 is 0 Å². The van der Waals surface area contributed by atoms with Crippen LogP contribution in [0.15, 0.2) is 28.8 Å². The fraction of sp³-hybridized carbons (Fsp3) is 0.524. The molecular formula is C21H29N3O3. The van der Waals surface area contributed by atoms with Gasteiger partial charge >= 0.3 is 0 Å². The van der Waals surface area contributed by atoms with Crippen LogP contribution in [-0.2, 0) is 6.61 Å². The fourth-order valence-electron chi connectivity index (χ4n) is 3.57. The van der Waals surface area contributed by atoms with Crippen LogP contribution in [0.2, 0.25) is 0 Å². The number of amides is 1. The monoisotopic (exact) mass is 371 g/mol. The standard InChI is InChI=1S/C21H29N3O3/c1-15-19(16(2)27-23-15)14-26-20-7-5-4-6-18(20)21(25)24-12-9-17(10-13-24)8-11-22-3/h4-7,17,22H,8-14H2,1-3H3. The van der Waals surface area contributed by atoms with Crippen LogP contribution in [0.3, 0.4) is 0 Å². The van der Waals surface area contributed by atoms with Crippen molar-refractivity contribution in [3.63, 3.8) is 0 Å². The van der Waals surface area contributed by atoms with E-state index in [0.717, 1.165) is 49.5 Å². The molecule has 27 heavy (non-hydrogen) atoms. The van der Waals surface area contributed by atoms with Crippen molar-refractivity contribution in [3.05, 3.63) is 46.8 Å². The van der Waals surface area contributed by atoms with Gasteiger partial charge in [-0.15, -0.1) is 0 Å². The summed E-state index contributed by atoms with van der Waals surface area (Å²) in [6.07, 6.45) is 3.31. The largest absolute Gasteiger partial charge is 0.488 e. The summed E-state index contributed by atoms with van der Waals surface area (Å²) in [7, 11) is 1.98. The lowest BCUT2D eigenvalue weighted by Gasteiger charge is -2.32. The molecule has 2 heterocycles. The maximum atomic E-state index is 13.0. The number of para-hydroxylation sites is 1. The molecule has 6 nitrogen and oxygen atoms in total. The maximum Gasteiger partial charge on any atom is 0.257 e. The van der Waals surface area contributed by atoms with E-state index in [4.69, 9.17) is 9.26 Å². The van der Waals surface area contributed by atoms with Crippen molar-refractivity contribution < 1.29 is 14.1 Å². The minimum absolute atomic E-state index is 0.0522. The predicted molar refractivity (Wildman–Crippen MR) is 104 cm³/mol. The van der Waals surface area contributed by atoms with Gasteiger partial charge in [0.1, 0.15) is 18.1 Å². The number of likely N-dealkylation sites (tertiary alicyclic amines) is 1. The van der Waals surface area contributed by atoms with Crippen molar-refractivity contribution in [1.29, 1.82) is 0 Å². The minimum Gasteiger partial charge on any atom is -0.488 e. The van der Waals surface area contributed by atoms with Gasteiger partial charge in [0.2, 0.25) is 0 Å². The molecule has 0 atom stereocenters. The summed E-state index contributed by atoms with van der Waals surface area (Å²) < 4.78 is 11.2. The molecule has 1 amide bonds. The Hall–Kier alpha value is -2.34. The lowest BCUT2D eigenvalue weighted by atomic mass is 9.93. The predicted octanol–water partition coefficient (Wildman–Crippen LogP) is 3.33. The Morgan fingerprint density at radius 3 is 2.70 bits per heavy atom. The molecule has 1 aromatic carbocycles. The molecule has 1 aliphatic heterocycles. The van der Waals surface area contributed by atoms with E-state index in [2.05, 4.69) is 10.5 Å². The number of aryl methyl sites for hydroxylation is 2. The molecule has 0 spiro atoms. The summed E-state index contributed by atoms with van der Waals surface area (Å²) in [5, 5.41) is 7.16. The van der Waals surface area contributed by atoms with E-state index < -0.39 is 0 Å². The Bertz CT molecular complexity index is 744. The number of carbonyl (C=O) groups excluding carboxylic acids is 1. The minimum atomic E-state index is 0.0522. The Morgan fingerprint density at radius 2 is 2.04 bits per heavy atom. The number of aromatic nitrogens is 1. The summed E-state index contributed by atoms with van der Waals surface area (Å²) in [4.78, 5) is 15.0. The second-order valence-electron chi connectivity index (χ2n) is 7.22. The number of rotatable bonds is 7. The quantitative estimate of drug-likeness (QED) is 0.809. The van der Waals surface area contributed by atoms with Crippen molar-refractivity contribution in [2.45, 2.75) is 39.7 Å². The number of nitrogens with zero attached hydrogens (tertiary/aromatic N) is 2. The highest BCUT2D eigenvalue weighted by Gasteiger charge is 2.25. The van der Waals surface area contributed by atoms with Gasteiger partial charge in [0.15, 0.2) is 0 Å². The van der Waals surface area contributed by atoms with E-state index in [1.165, 1.54) is 6.42 Å². The molecule has 6 heteroatoms. The Labute approximate surface area is 160 Å². The van der Waals surface area contributed by atoms with Gasteiger partial charge in [-0.1, -0.05) is 17.3 Å². The zero-order valence-electron chi connectivity index (χ0n) is 16.5. The van der Waals surface area contributed by atoms with Crippen molar-refractivity contribution in [2.24, 2.45) is 5.92 Å². The molecule has 0 radical (unpaired) electrons. The first-order valence-electron chi connectivity index (χ1n) is 9.67. The Balaban J connectivity index is 1.64. The molecule has 0 bridgehead atoms. The molecule has 3 rings (SSSR count). The van der Waals surface area contributed by atoms with Crippen molar-refractivity contribution in [2.75, 3.05) is 26.7 Å². The van der Waals surface area contributed by atoms with Gasteiger partial charge in [-0.25, -0.2) is 0 Å². The summed E-state index contributed by atoms with van der Waals surface area (Å²) in [6.45, 7) is 6.77. The normalized spacial score (nSPS) is 15.1. The third-order valence-electron chi connectivity index (χ3n) is 5.38. The molecule has 1 aromatic heterocycles. The van der Waals surface area contributed by atoms with Gasteiger partial charge < -0.3 is 19.5 Å². The highest BCUT2D eigenvalue weighted by Crippen LogP contribution is 2.26. The molecule has 146 valence electrons. The molecule has 1 aliphatic rings. The van der Waals surface area contributed by atoms with Crippen LogP contribution < -0.4 is 10.1 Å². The molecule has 0 unspecified atom stereocenters. The topological polar surface area (TPSA) is 67.6 Å². The van der Waals surface area contributed by atoms with Crippen LogP contribution in [0.25, 0.3) is 0 Å². The molecule has 0 aliphatic carbocycles. The smallest absolute Gasteiger partial charge is 0.257 e. The van der Waals surface area contributed by atoms with Gasteiger partial charge in [-0.2, -0.15) is 0 Å². The van der Waals surface area contributed by atoms with Gasteiger partial charge in [-0.05, 0) is 64.8 Å². The number of benzene rings is 1. The average molecular weight is 371 g/mol. The molecule has 0 saturated carbocycles. The van der Waals surface area contributed by atoms with Crippen LogP contribution in [0.5, 0.6) is 5.75 Å². The highest BCUT2D eigenvalue weighted by atomic mass is 16.5. The first kappa shape index (κ1) is 19.4. The summed E-state index contributed by atoms with van der Waals surface area (Å²) in [5.74, 6) is 2.11. The van der Waals surface area contributed by atoms with Crippen molar-refractivity contribution >= 4 is 5.91 Å². The first-order chi connectivity index (χ1) is 13.1. The third kappa shape index (κ3) is 4.69. The molecule has 2 aromatic rings. The lowest BCUT2D eigenvalue weighted by Crippen LogP contribution is -2.39. The molecule has 1 saturated heterocycles. The zero-order chi connectivity index (χ0) is 19.2. The lowest BCUT2D eigenvalue weighted by molar-refractivity contribution is 0.0682.